The molecular weight excluding hydrogens is 394 g/mol. The number of fused-ring (bicyclic) bond motifs is 1. The molecule has 4 nitrogen and oxygen atoms in total. The fraction of sp³-hybridized carbons (Fsp3) is 0.571. The van der Waals surface area contributed by atoms with Gasteiger partial charge in [0.1, 0.15) is 5.78 Å². The molecule has 1 saturated carbocycles. The number of hydrogen-bond acceptors (Lipinski definition) is 2. The monoisotopic (exact) mass is 433 g/mol. The highest BCUT2D eigenvalue weighted by Crippen LogP contribution is 2.44. The van der Waals surface area contributed by atoms with E-state index in [-0.39, 0.29) is 5.41 Å². The highest BCUT2D eigenvalue weighted by atomic mass is 16.1. The molecule has 1 aromatic carbocycles. The number of aromatic nitrogens is 3. The van der Waals surface area contributed by atoms with Gasteiger partial charge < -0.3 is 4.98 Å². The molecule has 172 valence electrons. The van der Waals surface area contributed by atoms with Gasteiger partial charge in [-0.1, -0.05) is 64.3 Å². The summed E-state index contributed by atoms with van der Waals surface area (Å²) in [4.78, 5) is 20.3. The van der Waals surface area contributed by atoms with Crippen LogP contribution in [0, 0.1) is 11.3 Å². The SMILES string of the molecule is CCCCCCc1cn2cc(-c3ccc(C4CCC(C(C)(C)C(C)=O)CC4)cc3)nc2[nH]1. The fourth-order valence-electron chi connectivity index (χ4n) is 5.30. The largest absolute Gasteiger partial charge is 0.328 e. The summed E-state index contributed by atoms with van der Waals surface area (Å²) in [6.45, 7) is 8.24. The van der Waals surface area contributed by atoms with Crippen molar-refractivity contribution < 1.29 is 4.79 Å². The van der Waals surface area contributed by atoms with Gasteiger partial charge in [-0.3, -0.25) is 9.20 Å². The van der Waals surface area contributed by atoms with Gasteiger partial charge in [0.25, 0.3) is 0 Å². The summed E-state index contributed by atoms with van der Waals surface area (Å²) < 4.78 is 2.12. The smallest absolute Gasteiger partial charge is 0.211 e. The first kappa shape index (κ1) is 22.8. The molecule has 0 aliphatic heterocycles. The molecule has 0 spiro atoms. The summed E-state index contributed by atoms with van der Waals surface area (Å²) in [6.07, 6.45) is 15.2. The van der Waals surface area contributed by atoms with Gasteiger partial charge in [-0.05, 0) is 62.8 Å². The number of aryl methyl sites for hydroxylation is 1. The number of benzene rings is 1. The van der Waals surface area contributed by atoms with Crippen molar-refractivity contribution in [3.63, 3.8) is 0 Å². The molecule has 32 heavy (non-hydrogen) atoms. The number of imidazole rings is 2. The van der Waals surface area contributed by atoms with E-state index in [1.165, 1.54) is 55.3 Å². The summed E-state index contributed by atoms with van der Waals surface area (Å²) >= 11 is 0. The van der Waals surface area contributed by atoms with Gasteiger partial charge >= 0.3 is 0 Å². The van der Waals surface area contributed by atoms with Crippen LogP contribution in [-0.2, 0) is 11.2 Å². The lowest BCUT2D eigenvalue weighted by Gasteiger charge is -2.38. The van der Waals surface area contributed by atoms with Gasteiger partial charge in [0.2, 0.25) is 5.78 Å². The third-order valence-electron chi connectivity index (χ3n) is 7.93. The Labute approximate surface area is 192 Å². The van der Waals surface area contributed by atoms with Crippen molar-refractivity contribution in [2.24, 2.45) is 11.3 Å². The number of unbranched alkanes of at least 4 members (excludes halogenated alkanes) is 3. The third kappa shape index (κ3) is 4.84. The van der Waals surface area contributed by atoms with E-state index in [0.717, 1.165) is 30.7 Å². The van der Waals surface area contributed by atoms with Crippen molar-refractivity contribution in [2.75, 3.05) is 0 Å². The van der Waals surface area contributed by atoms with Gasteiger partial charge in [0.15, 0.2) is 0 Å². The Morgan fingerprint density at radius 1 is 1.06 bits per heavy atom. The van der Waals surface area contributed by atoms with Crippen LogP contribution in [0.5, 0.6) is 0 Å². The minimum absolute atomic E-state index is 0.186. The van der Waals surface area contributed by atoms with E-state index in [1.807, 2.05) is 0 Å². The summed E-state index contributed by atoms with van der Waals surface area (Å²) in [7, 11) is 0. The summed E-state index contributed by atoms with van der Waals surface area (Å²) in [6, 6.07) is 9.00. The van der Waals surface area contributed by atoms with E-state index in [2.05, 4.69) is 66.8 Å². The highest BCUT2D eigenvalue weighted by Gasteiger charge is 2.36. The maximum Gasteiger partial charge on any atom is 0.211 e. The molecule has 4 heteroatoms. The second-order valence-corrected chi connectivity index (χ2v) is 10.4. The summed E-state index contributed by atoms with van der Waals surface area (Å²) in [5, 5.41) is 0. The van der Waals surface area contributed by atoms with Gasteiger partial charge in [-0.25, -0.2) is 4.98 Å². The van der Waals surface area contributed by atoms with E-state index < -0.39 is 0 Å². The Morgan fingerprint density at radius 3 is 2.41 bits per heavy atom. The molecule has 1 N–H and O–H groups in total. The first-order chi connectivity index (χ1) is 15.4. The number of Topliss-reactive ketones (excluding diaryl/α,β-unsaturated/α-hetero) is 1. The van der Waals surface area contributed by atoms with E-state index in [9.17, 15) is 4.79 Å². The molecule has 0 bridgehead atoms. The van der Waals surface area contributed by atoms with Crippen molar-refractivity contribution in [2.45, 2.75) is 91.4 Å². The third-order valence-corrected chi connectivity index (χ3v) is 7.93. The molecule has 0 amide bonds. The zero-order chi connectivity index (χ0) is 22.7. The quantitative estimate of drug-likeness (QED) is 0.359. The Bertz CT molecular complexity index is 1000. The molecule has 2 aromatic heterocycles. The predicted molar refractivity (Wildman–Crippen MR) is 132 cm³/mol. The average Bonchev–Trinajstić information content (AvgIpc) is 3.36. The zero-order valence-electron chi connectivity index (χ0n) is 20.3. The van der Waals surface area contributed by atoms with Crippen LogP contribution in [-0.4, -0.2) is 20.2 Å². The molecule has 0 unspecified atom stereocenters. The van der Waals surface area contributed by atoms with Crippen LogP contribution in [0.4, 0.5) is 0 Å². The zero-order valence-corrected chi connectivity index (χ0v) is 20.3. The number of aromatic amines is 1. The molecule has 0 atom stereocenters. The number of carbonyl (C=O) groups is 1. The molecule has 1 aliphatic rings. The average molecular weight is 434 g/mol. The molecular formula is C28H39N3O. The topological polar surface area (TPSA) is 50.2 Å². The second kappa shape index (κ2) is 9.64. The first-order valence-corrected chi connectivity index (χ1v) is 12.6. The van der Waals surface area contributed by atoms with E-state index in [0.29, 0.717) is 17.6 Å². The van der Waals surface area contributed by atoms with Gasteiger partial charge in [0.05, 0.1) is 5.69 Å². The van der Waals surface area contributed by atoms with Crippen molar-refractivity contribution in [1.82, 2.24) is 14.4 Å². The number of rotatable bonds is 9. The molecule has 1 fully saturated rings. The Kier molecular flexibility index (Phi) is 6.88. The first-order valence-electron chi connectivity index (χ1n) is 12.6. The molecule has 4 rings (SSSR count). The van der Waals surface area contributed by atoms with E-state index in [4.69, 9.17) is 4.98 Å². The van der Waals surface area contributed by atoms with Crippen molar-refractivity contribution in [3.05, 3.63) is 47.9 Å². The molecule has 2 heterocycles. The Hall–Kier alpha value is -2.36. The normalized spacial score (nSPS) is 19.5. The maximum absolute atomic E-state index is 12.0. The van der Waals surface area contributed by atoms with E-state index >= 15 is 0 Å². The number of H-pyrrole nitrogens is 1. The van der Waals surface area contributed by atoms with E-state index in [1.54, 1.807) is 6.92 Å². The lowest BCUT2D eigenvalue weighted by molar-refractivity contribution is -0.128. The van der Waals surface area contributed by atoms with Crippen LogP contribution in [0.3, 0.4) is 0 Å². The van der Waals surface area contributed by atoms with Crippen molar-refractivity contribution in [3.8, 4) is 11.3 Å². The standard InChI is InChI=1S/C28H39N3O/c1-5-6-7-8-9-25-18-31-19-26(30-27(31)29-25)23-12-10-21(11-13-23)22-14-16-24(17-15-22)28(3,4)20(2)32/h10-13,18-19,22,24H,5-9,14-17H2,1-4H3,(H,29,30). The van der Waals surface area contributed by atoms with Crippen LogP contribution < -0.4 is 0 Å². The lowest BCUT2D eigenvalue weighted by Crippen LogP contribution is -2.33. The second-order valence-electron chi connectivity index (χ2n) is 10.4. The van der Waals surface area contributed by atoms with Crippen molar-refractivity contribution in [1.29, 1.82) is 0 Å². The molecule has 0 saturated heterocycles. The minimum atomic E-state index is -0.186. The van der Waals surface area contributed by atoms with Crippen LogP contribution in [0.25, 0.3) is 17.0 Å². The van der Waals surface area contributed by atoms with Gasteiger partial charge in [-0.15, -0.1) is 0 Å². The Balaban J connectivity index is 1.37. The number of hydrogen-bond donors (Lipinski definition) is 1. The van der Waals surface area contributed by atoms with Crippen LogP contribution in [0.15, 0.2) is 36.7 Å². The van der Waals surface area contributed by atoms with Gasteiger partial charge in [-0.2, -0.15) is 0 Å². The minimum Gasteiger partial charge on any atom is -0.328 e. The number of carbonyl (C=O) groups excluding carboxylic acids is 1. The highest BCUT2D eigenvalue weighted by molar-refractivity contribution is 5.81. The Morgan fingerprint density at radius 2 is 1.78 bits per heavy atom. The van der Waals surface area contributed by atoms with Crippen LogP contribution >= 0.6 is 0 Å². The molecule has 1 aliphatic carbocycles. The number of nitrogens with zero attached hydrogens (tertiary/aromatic N) is 2. The molecule has 3 aromatic rings. The fourth-order valence-corrected chi connectivity index (χ4v) is 5.30. The van der Waals surface area contributed by atoms with Crippen LogP contribution in [0.2, 0.25) is 0 Å². The lowest BCUT2D eigenvalue weighted by atomic mass is 9.66. The molecule has 0 radical (unpaired) electrons. The van der Waals surface area contributed by atoms with Crippen molar-refractivity contribution >= 4 is 11.6 Å². The number of nitrogens with one attached hydrogen (secondary N) is 1. The number of ketones is 1. The summed E-state index contributed by atoms with van der Waals surface area (Å²) in [5.74, 6) is 2.38. The maximum atomic E-state index is 12.0. The predicted octanol–water partition coefficient (Wildman–Crippen LogP) is 7.34. The van der Waals surface area contributed by atoms with Crippen LogP contribution in [0.1, 0.15) is 96.2 Å². The summed E-state index contributed by atoms with van der Waals surface area (Å²) in [5.41, 5.74) is 4.70. The van der Waals surface area contributed by atoms with Gasteiger partial charge in [0, 0.05) is 29.1 Å².